The Balaban J connectivity index is 0.000000980. The van der Waals surface area contributed by atoms with Crippen molar-refractivity contribution in [1.82, 2.24) is 0 Å². The Hall–Kier alpha value is -1.35. The minimum absolute atomic E-state index is 0. The number of rotatable bonds is 1. The van der Waals surface area contributed by atoms with Gasteiger partial charge in [-0.15, -0.1) is 12.4 Å². The zero-order valence-electron chi connectivity index (χ0n) is 7.32. The number of hydrogen-bond acceptors (Lipinski definition) is 2. The summed E-state index contributed by atoms with van der Waals surface area (Å²) in [6.07, 6.45) is 0.211. The van der Waals surface area contributed by atoms with Crippen LogP contribution in [-0.2, 0) is 4.79 Å². The summed E-state index contributed by atoms with van der Waals surface area (Å²) in [5, 5.41) is 0. The SMILES string of the molecule is Cl.NC(=O)C1CC(=O)c2c[c]ccc21. The van der Waals surface area contributed by atoms with Gasteiger partial charge in [0.1, 0.15) is 0 Å². The lowest BCUT2D eigenvalue weighted by Crippen LogP contribution is -2.19. The Kier molecular flexibility index (Phi) is 2.91. The normalized spacial score (nSPS) is 18.6. The van der Waals surface area contributed by atoms with Crippen LogP contribution in [0, 0.1) is 6.07 Å². The molecular weight excluding hydrogens is 202 g/mol. The van der Waals surface area contributed by atoms with Gasteiger partial charge in [-0.2, -0.15) is 0 Å². The average Bonchev–Trinajstić information content (AvgIpc) is 2.45. The fourth-order valence-electron chi connectivity index (χ4n) is 1.65. The van der Waals surface area contributed by atoms with Crippen molar-refractivity contribution in [3.63, 3.8) is 0 Å². The summed E-state index contributed by atoms with van der Waals surface area (Å²) in [7, 11) is 0. The van der Waals surface area contributed by atoms with Crippen LogP contribution in [0.25, 0.3) is 0 Å². The molecule has 0 fully saturated rings. The predicted octanol–water partition coefficient (Wildman–Crippen LogP) is 1.06. The van der Waals surface area contributed by atoms with Gasteiger partial charge in [-0.05, 0) is 17.7 Å². The summed E-state index contributed by atoms with van der Waals surface area (Å²) < 4.78 is 0. The van der Waals surface area contributed by atoms with E-state index in [4.69, 9.17) is 5.73 Å². The third-order valence-electron chi connectivity index (χ3n) is 2.31. The number of amides is 1. The first-order valence-corrected chi connectivity index (χ1v) is 4.02. The lowest BCUT2D eigenvalue weighted by atomic mass is 10.0. The zero-order valence-corrected chi connectivity index (χ0v) is 8.14. The summed E-state index contributed by atoms with van der Waals surface area (Å²) in [6, 6.07) is 7.84. The molecule has 1 aromatic carbocycles. The molecule has 0 aliphatic heterocycles. The third kappa shape index (κ3) is 1.51. The van der Waals surface area contributed by atoms with Crippen LogP contribution in [0.1, 0.15) is 28.3 Å². The smallest absolute Gasteiger partial charge is 0.225 e. The molecule has 1 radical (unpaired) electrons. The lowest BCUT2D eigenvalue weighted by molar-refractivity contribution is -0.119. The fraction of sp³-hybridized carbons (Fsp3) is 0.200. The van der Waals surface area contributed by atoms with Crippen molar-refractivity contribution in [2.45, 2.75) is 12.3 Å². The Morgan fingerprint density at radius 3 is 2.93 bits per heavy atom. The Morgan fingerprint density at radius 1 is 1.57 bits per heavy atom. The highest BCUT2D eigenvalue weighted by atomic mass is 35.5. The highest BCUT2D eigenvalue weighted by molar-refractivity contribution is 6.06. The number of fused-ring (bicyclic) bond motifs is 1. The summed E-state index contributed by atoms with van der Waals surface area (Å²) in [5.41, 5.74) is 6.51. The van der Waals surface area contributed by atoms with Crippen molar-refractivity contribution in [2.75, 3.05) is 0 Å². The molecule has 73 valence electrons. The maximum absolute atomic E-state index is 11.4. The van der Waals surface area contributed by atoms with Crippen molar-refractivity contribution < 1.29 is 9.59 Å². The summed E-state index contributed by atoms with van der Waals surface area (Å²) in [6.45, 7) is 0. The minimum Gasteiger partial charge on any atom is -0.369 e. The van der Waals surface area contributed by atoms with Crippen LogP contribution < -0.4 is 5.73 Å². The van der Waals surface area contributed by atoms with Crippen molar-refractivity contribution >= 4 is 24.1 Å². The summed E-state index contributed by atoms with van der Waals surface area (Å²) >= 11 is 0. The molecule has 1 aromatic rings. The van der Waals surface area contributed by atoms with Gasteiger partial charge in [-0.1, -0.05) is 12.1 Å². The van der Waals surface area contributed by atoms with Crippen LogP contribution in [0.3, 0.4) is 0 Å². The van der Waals surface area contributed by atoms with Crippen LogP contribution in [0.15, 0.2) is 18.2 Å². The number of halogens is 1. The van der Waals surface area contributed by atoms with Gasteiger partial charge in [-0.25, -0.2) is 0 Å². The molecule has 1 atom stereocenters. The second-order valence-corrected chi connectivity index (χ2v) is 3.10. The standard InChI is InChI=1S/C10H8NO2.ClH/c11-10(13)8-5-9(12)7-4-2-1-3-6(7)8;/h1,3-4,8H,5H2,(H2,11,13);1H. The highest BCUT2D eigenvalue weighted by Crippen LogP contribution is 2.31. The molecule has 2 rings (SSSR count). The number of carbonyl (C=O) groups is 2. The number of hydrogen-bond donors (Lipinski definition) is 1. The molecule has 0 spiro atoms. The van der Waals surface area contributed by atoms with Crippen LogP contribution in [-0.4, -0.2) is 11.7 Å². The van der Waals surface area contributed by atoms with Crippen molar-refractivity contribution in [3.05, 3.63) is 35.4 Å². The molecule has 0 aromatic heterocycles. The van der Waals surface area contributed by atoms with E-state index in [1.807, 2.05) is 0 Å². The van der Waals surface area contributed by atoms with E-state index in [-0.39, 0.29) is 24.6 Å². The van der Waals surface area contributed by atoms with Crippen LogP contribution in [0.2, 0.25) is 0 Å². The van der Waals surface area contributed by atoms with Gasteiger partial charge in [0.25, 0.3) is 0 Å². The van der Waals surface area contributed by atoms with E-state index in [9.17, 15) is 9.59 Å². The second kappa shape index (κ2) is 3.80. The van der Waals surface area contributed by atoms with Crippen LogP contribution >= 0.6 is 12.4 Å². The summed E-state index contributed by atoms with van der Waals surface area (Å²) in [5.74, 6) is -0.883. The monoisotopic (exact) mass is 210 g/mol. The molecule has 0 saturated heterocycles. The Bertz CT molecular complexity index is 389. The molecule has 1 aliphatic rings. The predicted molar refractivity (Wildman–Crippen MR) is 53.4 cm³/mol. The molecule has 14 heavy (non-hydrogen) atoms. The van der Waals surface area contributed by atoms with Gasteiger partial charge in [0, 0.05) is 12.0 Å². The topological polar surface area (TPSA) is 60.2 Å². The van der Waals surface area contributed by atoms with Gasteiger partial charge in [-0.3, -0.25) is 9.59 Å². The van der Waals surface area contributed by atoms with Gasteiger partial charge < -0.3 is 5.73 Å². The number of Topliss-reactive ketones (excluding diaryl/α,β-unsaturated/α-hetero) is 1. The zero-order chi connectivity index (χ0) is 9.42. The first kappa shape index (κ1) is 10.7. The molecule has 1 aliphatic carbocycles. The van der Waals surface area contributed by atoms with E-state index in [0.717, 1.165) is 5.56 Å². The average molecular weight is 211 g/mol. The maximum atomic E-state index is 11.4. The van der Waals surface area contributed by atoms with Gasteiger partial charge in [0.15, 0.2) is 5.78 Å². The van der Waals surface area contributed by atoms with E-state index < -0.39 is 11.8 Å². The fourth-order valence-corrected chi connectivity index (χ4v) is 1.65. The second-order valence-electron chi connectivity index (χ2n) is 3.10. The number of nitrogens with two attached hydrogens (primary N) is 1. The molecule has 2 N–H and O–H groups in total. The number of benzene rings is 1. The van der Waals surface area contributed by atoms with Gasteiger partial charge in [0.05, 0.1) is 5.92 Å². The Labute approximate surface area is 87.7 Å². The molecular formula is C10H9ClNO2. The van der Waals surface area contributed by atoms with E-state index in [1.54, 1.807) is 18.2 Å². The quantitative estimate of drug-likeness (QED) is 0.754. The van der Waals surface area contributed by atoms with Gasteiger partial charge in [0.2, 0.25) is 5.91 Å². The number of carbonyl (C=O) groups excluding carboxylic acids is 2. The van der Waals surface area contributed by atoms with Crippen LogP contribution in [0.4, 0.5) is 0 Å². The molecule has 3 nitrogen and oxygen atoms in total. The number of primary amides is 1. The van der Waals surface area contributed by atoms with Gasteiger partial charge >= 0.3 is 0 Å². The molecule has 1 unspecified atom stereocenters. The number of ketones is 1. The maximum Gasteiger partial charge on any atom is 0.225 e. The van der Waals surface area contributed by atoms with Crippen molar-refractivity contribution in [1.29, 1.82) is 0 Å². The molecule has 0 bridgehead atoms. The largest absolute Gasteiger partial charge is 0.369 e. The van der Waals surface area contributed by atoms with E-state index in [0.29, 0.717) is 5.56 Å². The molecule has 1 amide bonds. The molecule has 4 heteroatoms. The lowest BCUT2D eigenvalue weighted by Gasteiger charge is -2.03. The highest BCUT2D eigenvalue weighted by Gasteiger charge is 2.32. The van der Waals surface area contributed by atoms with E-state index in [1.165, 1.54) is 0 Å². The molecule has 0 heterocycles. The van der Waals surface area contributed by atoms with E-state index in [2.05, 4.69) is 6.07 Å². The Morgan fingerprint density at radius 2 is 2.29 bits per heavy atom. The van der Waals surface area contributed by atoms with Crippen molar-refractivity contribution in [2.24, 2.45) is 5.73 Å². The first-order valence-electron chi connectivity index (χ1n) is 4.02. The van der Waals surface area contributed by atoms with Crippen LogP contribution in [0.5, 0.6) is 0 Å². The van der Waals surface area contributed by atoms with E-state index >= 15 is 0 Å². The first-order chi connectivity index (χ1) is 6.20. The molecule has 0 saturated carbocycles. The minimum atomic E-state index is -0.433. The van der Waals surface area contributed by atoms with Crippen molar-refractivity contribution in [3.8, 4) is 0 Å². The third-order valence-corrected chi connectivity index (χ3v) is 2.31. The summed E-state index contributed by atoms with van der Waals surface area (Å²) in [4.78, 5) is 22.3.